The number of carbonyl (C=O) groups excluding carboxylic acids is 1. The topological polar surface area (TPSA) is 50.1 Å². The van der Waals surface area contributed by atoms with Crippen molar-refractivity contribution < 1.29 is 9.53 Å². The fourth-order valence-corrected chi connectivity index (χ4v) is 2.10. The highest BCUT2D eigenvalue weighted by molar-refractivity contribution is 9.10. The summed E-state index contributed by atoms with van der Waals surface area (Å²) < 4.78 is 6.17. The number of hydrogen-bond acceptors (Lipinski definition) is 3. The molecular formula is C15H18BrNO2. The summed E-state index contributed by atoms with van der Waals surface area (Å²) in [7, 11) is 0. The maximum absolute atomic E-state index is 11.6. The first-order valence-electron chi connectivity index (χ1n) is 6.19. The van der Waals surface area contributed by atoms with Crippen LogP contribution in [0.15, 0.2) is 28.7 Å². The van der Waals surface area contributed by atoms with E-state index < -0.39 is 5.60 Å². The van der Waals surface area contributed by atoms with Gasteiger partial charge in [-0.2, -0.15) is 5.26 Å². The molecule has 0 saturated heterocycles. The molecule has 1 aromatic carbocycles. The number of hydrogen-bond donors (Lipinski definition) is 0. The Labute approximate surface area is 122 Å². The van der Waals surface area contributed by atoms with Gasteiger partial charge < -0.3 is 4.74 Å². The molecule has 0 aromatic heterocycles. The van der Waals surface area contributed by atoms with E-state index in [1.165, 1.54) is 0 Å². The van der Waals surface area contributed by atoms with Crippen molar-refractivity contribution in [3.8, 4) is 6.07 Å². The highest BCUT2D eigenvalue weighted by atomic mass is 79.9. The number of rotatable bonds is 4. The molecule has 0 amide bonds. The Hall–Kier alpha value is -1.34. The van der Waals surface area contributed by atoms with Gasteiger partial charge in [0.15, 0.2) is 0 Å². The van der Waals surface area contributed by atoms with E-state index in [9.17, 15) is 10.1 Å². The molecule has 102 valence electrons. The zero-order valence-electron chi connectivity index (χ0n) is 11.4. The van der Waals surface area contributed by atoms with Gasteiger partial charge in [-0.15, -0.1) is 0 Å². The summed E-state index contributed by atoms with van der Waals surface area (Å²) in [6.45, 7) is 5.50. The summed E-state index contributed by atoms with van der Waals surface area (Å²) in [5.74, 6) is -0.548. The van der Waals surface area contributed by atoms with Gasteiger partial charge in [0.05, 0.1) is 12.0 Å². The van der Waals surface area contributed by atoms with Crippen LogP contribution in [0.4, 0.5) is 0 Å². The Morgan fingerprint density at radius 2 is 2.16 bits per heavy atom. The standard InChI is InChI=1S/C15H18BrNO2/c1-15(2,3)19-14(18)8-7-12(10-17)11-5-4-6-13(16)9-11/h4-6,9,12H,7-8H2,1-3H3. The molecule has 0 heterocycles. The predicted molar refractivity (Wildman–Crippen MR) is 77.6 cm³/mol. The molecule has 1 atom stereocenters. The Morgan fingerprint density at radius 1 is 1.47 bits per heavy atom. The van der Waals surface area contributed by atoms with Crippen molar-refractivity contribution in [2.45, 2.75) is 45.1 Å². The van der Waals surface area contributed by atoms with Crippen molar-refractivity contribution in [2.75, 3.05) is 0 Å². The molecule has 0 spiro atoms. The van der Waals surface area contributed by atoms with Gasteiger partial charge in [-0.1, -0.05) is 28.1 Å². The highest BCUT2D eigenvalue weighted by Crippen LogP contribution is 2.24. The summed E-state index contributed by atoms with van der Waals surface area (Å²) in [6, 6.07) is 9.83. The van der Waals surface area contributed by atoms with Crippen LogP contribution >= 0.6 is 15.9 Å². The molecule has 0 radical (unpaired) electrons. The molecule has 1 aromatic rings. The summed E-state index contributed by atoms with van der Waals surface area (Å²) in [5.41, 5.74) is 0.440. The molecule has 1 unspecified atom stereocenters. The largest absolute Gasteiger partial charge is 0.460 e. The normalized spacial score (nSPS) is 12.6. The molecule has 3 nitrogen and oxygen atoms in total. The number of benzene rings is 1. The van der Waals surface area contributed by atoms with Crippen LogP contribution in [0.3, 0.4) is 0 Å². The second-order valence-electron chi connectivity index (χ2n) is 5.36. The minimum Gasteiger partial charge on any atom is -0.460 e. The van der Waals surface area contributed by atoms with E-state index in [4.69, 9.17) is 4.74 Å². The highest BCUT2D eigenvalue weighted by Gasteiger charge is 2.18. The first-order valence-corrected chi connectivity index (χ1v) is 6.98. The lowest BCUT2D eigenvalue weighted by Crippen LogP contribution is -2.23. The van der Waals surface area contributed by atoms with Crippen LogP contribution in [0.1, 0.15) is 45.1 Å². The Kier molecular flexibility index (Phi) is 5.56. The molecule has 0 aliphatic heterocycles. The minimum absolute atomic E-state index is 0.252. The van der Waals surface area contributed by atoms with Gasteiger partial charge in [0.25, 0.3) is 0 Å². The average Bonchev–Trinajstić information content (AvgIpc) is 2.27. The van der Waals surface area contributed by atoms with E-state index in [1.54, 1.807) is 0 Å². The fraction of sp³-hybridized carbons (Fsp3) is 0.467. The summed E-state index contributed by atoms with van der Waals surface area (Å²) in [5, 5.41) is 9.20. The molecule has 1 rings (SSSR count). The van der Waals surface area contributed by atoms with Crippen molar-refractivity contribution in [1.29, 1.82) is 5.26 Å². The quantitative estimate of drug-likeness (QED) is 0.781. The summed E-state index contributed by atoms with van der Waals surface area (Å²) >= 11 is 3.38. The second kappa shape index (κ2) is 6.72. The number of nitrogens with zero attached hydrogens (tertiary/aromatic N) is 1. The van der Waals surface area contributed by atoms with Crippen LogP contribution in [-0.4, -0.2) is 11.6 Å². The molecule has 0 saturated carbocycles. The van der Waals surface area contributed by atoms with Crippen molar-refractivity contribution in [1.82, 2.24) is 0 Å². The van der Waals surface area contributed by atoms with E-state index in [0.717, 1.165) is 10.0 Å². The molecule has 0 bridgehead atoms. The van der Waals surface area contributed by atoms with Gasteiger partial charge in [0.1, 0.15) is 5.60 Å². The monoisotopic (exact) mass is 323 g/mol. The molecular weight excluding hydrogens is 306 g/mol. The Bertz CT molecular complexity index is 486. The average molecular weight is 324 g/mol. The smallest absolute Gasteiger partial charge is 0.306 e. The van der Waals surface area contributed by atoms with Crippen molar-refractivity contribution in [3.05, 3.63) is 34.3 Å². The van der Waals surface area contributed by atoms with E-state index in [1.807, 2.05) is 45.0 Å². The van der Waals surface area contributed by atoms with Crippen molar-refractivity contribution in [3.63, 3.8) is 0 Å². The van der Waals surface area contributed by atoms with E-state index in [2.05, 4.69) is 22.0 Å². The maximum atomic E-state index is 11.6. The predicted octanol–water partition coefficient (Wildman–Crippen LogP) is 4.18. The lowest BCUT2D eigenvalue weighted by Gasteiger charge is -2.19. The zero-order valence-corrected chi connectivity index (χ0v) is 13.0. The van der Waals surface area contributed by atoms with Gasteiger partial charge in [-0.05, 0) is 44.9 Å². The van der Waals surface area contributed by atoms with Gasteiger partial charge >= 0.3 is 5.97 Å². The molecule has 0 fully saturated rings. The van der Waals surface area contributed by atoms with Crippen LogP contribution in [0.5, 0.6) is 0 Å². The van der Waals surface area contributed by atoms with Crippen LogP contribution in [0.2, 0.25) is 0 Å². The first kappa shape index (κ1) is 15.7. The van der Waals surface area contributed by atoms with Crippen LogP contribution in [0.25, 0.3) is 0 Å². The van der Waals surface area contributed by atoms with E-state index >= 15 is 0 Å². The molecule has 0 aliphatic rings. The molecule has 4 heteroatoms. The Balaban J connectivity index is 2.60. The second-order valence-corrected chi connectivity index (χ2v) is 6.28. The Morgan fingerprint density at radius 3 is 2.68 bits per heavy atom. The third-order valence-corrected chi connectivity index (χ3v) is 2.96. The van der Waals surface area contributed by atoms with Crippen molar-refractivity contribution >= 4 is 21.9 Å². The number of esters is 1. The van der Waals surface area contributed by atoms with Gasteiger partial charge in [-0.25, -0.2) is 0 Å². The molecule has 0 aliphatic carbocycles. The summed E-state index contributed by atoms with van der Waals surface area (Å²) in [6.07, 6.45) is 0.726. The third-order valence-electron chi connectivity index (χ3n) is 2.46. The third kappa shape index (κ3) is 5.89. The lowest BCUT2D eigenvalue weighted by atomic mass is 9.96. The number of nitriles is 1. The van der Waals surface area contributed by atoms with Crippen LogP contribution < -0.4 is 0 Å². The van der Waals surface area contributed by atoms with Gasteiger partial charge in [0, 0.05) is 10.9 Å². The number of halogens is 1. The molecule has 19 heavy (non-hydrogen) atoms. The summed E-state index contributed by atoms with van der Waals surface area (Å²) in [4.78, 5) is 11.6. The SMILES string of the molecule is CC(C)(C)OC(=O)CCC(C#N)c1cccc(Br)c1. The lowest BCUT2D eigenvalue weighted by molar-refractivity contribution is -0.154. The van der Waals surface area contributed by atoms with Gasteiger partial charge in [-0.3, -0.25) is 4.79 Å². The molecule has 0 N–H and O–H groups in total. The van der Waals surface area contributed by atoms with E-state index in [0.29, 0.717) is 6.42 Å². The number of ether oxygens (including phenoxy) is 1. The first-order chi connectivity index (χ1) is 8.81. The van der Waals surface area contributed by atoms with Crippen molar-refractivity contribution in [2.24, 2.45) is 0 Å². The number of carbonyl (C=O) groups is 1. The van der Waals surface area contributed by atoms with E-state index in [-0.39, 0.29) is 18.3 Å². The van der Waals surface area contributed by atoms with Gasteiger partial charge in [0.2, 0.25) is 0 Å². The zero-order chi connectivity index (χ0) is 14.5. The van der Waals surface area contributed by atoms with Crippen LogP contribution in [-0.2, 0) is 9.53 Å². The minimum atomic E-state index is -0.477. The fourth-order valence-electron chi connectivity index (χ4n) is 1.68. The van der Waals surface area contributed by atoms with Crippen LogP contribution in [0, 0.1) is 11.3 Å². The maximum Gasteiger partial charge on any atom is 0.306 e.